The van der Waals surface area contributed by atoms with E-state index in [1.165, 1.54) is 41.7 Å². The number of hydrogen-bond donors (Lipinski definition) is 0. The largest absolute Gasteiger partial charge is 0.245 e. The van der Waals surface area contributed by atoms with Gasteiger partial charge in [-0.3, -0.25) is 0 Å². The van der Waals surface area contributed by atoms with Crippen LogP contribution in [-0.4, -0.2) is 4.98 Å². The summed E-state index contributed by atoms with van der Waals surface area (Å²) in [4.78, 5) is 6.79. The third kappa shape index (κ3) is 3.35. The van der Waals surface area contributed by atoms with Crippen molar-refractivity contribution in [3.63, 3.8) is 0 Å². The minimum absolute atomic E-state index is 0.719. The molecule has 3 rings (SSSR count). The number of nitriles is 1. The summed E-state index contributed by atoms with van der Waals surface area (Å²) >= 11 is 6.80. The number of nitrogens with zero attached hydrogens (tertiary/aromatic N) is 2. The topological polar surface area (TPSA) is 36.7 Å². The minimum Gasteiger partial charge on any atom is -0.245 e. The van der Waals surface area contributed by atoms with E-state index >= 15 is 0 Å². The SMILES string of the molecule is CCCCCCc1cnc2sc(Br)c(C#N)c2c1-c1cccs1. The highest BCUT2D eigenvalue weighted by atomic mass is 79.9. The zero-order valence-electron chi connectivity index (χ0n) is 12.9. The van der Waals surface area contributed by atoms with Gasteiger partial charge in [0, 0.05) is 22.0 Å². The van der Waals surface area contributed by atoms with Gasteiger partial charge in [-0.05, 0) is 45.8 Å². The van der Waals surface area contributed by atoms with Gasteiger partial charge >= 0.3 is 0 Å². The molecule has 0 amide bonds. The lowest BCUT2D eigenvalue weighted by Crippen LogP contribution is -1.93. The molecule has 3 heterocycles. The second-order valence-electron chi connectivity index (χ2n) is 5.49. The molecule has 2 nitrogen and oxygen atoms in total. The van der Waals surface area contributed by atoms with Crippen LogP contribution in [0.5, 0.6) is 0 Å². The zero-order chi connectivity index (χ0) is 16.2. The van der Waals surface area contributed by atoms with Gasteiger partial charge in [0.05, 0.1) is 9.35 Å². The molecule has 0 atom stereocenters. The Hall–Kier alpha value is -1.22. The fourth-order valence-corrected chi connectivity index (χ4v) is 5.20. The normalized spacial score (nSPS) is 11.0. The number of pyridine rings is 1. The van der Waals surface area contributed by atoms with E-state index in [2.05, 4.69) is 51.4 Å². The highest BCUT2D eigenvalue weighted by Gasteiger charge is 2.19. The molecule has 0 N–H and O–H groups in total. The van der Waals surface area contributed by atoms with Gasteiger partial charge in [-0.2, -0.15) is 5.26 Å². The second kappa shape index (κ2) is 7.57. The van der Waals surface area contributed by atoms with Gasteiger partial charge < -0.3 is 0 Å². The minimum atomic E-state index is 0.719. The Kier molecular flexibility index (Phi) is 5.47. The first kappa shape index (κ1) is 16.6. The molecule has 3 aromatic heterocycles. The van der Waals surface area contributed by atoms with Crippen LogP contribution in [0.1, 0.15) is 43.7 Å². The Morgan fingerprint density at radius 2 is 2.17 bits per heavy atom. The second-order valence-corrected chi connectivity index (χ2v) is 8.75. The molecule has 0 aliphatic carbocycles. The molecule has 0 unspecified atom stereocenters. The van der Waals surface area contributed by atoms with Gasteiger partial charge in [0.1, 0.15) is 10.9 Å². The van der Waals surface area contributed by atoms with Crippen LogP contribution in [-0.2, 0) is 6.42 Å². The van der Waals surface area contributed by atoms with Gasteiger partial charge in [-0.15, -0.1) is 22.7 Å². The average Bonchev–Trinajstić information content (AvgIpc) is 3.18. The lowest BCUT2D eigenvalue weighted by Gasteiger charge is -2.10. The van der Waals surface area contributed by atoms with Crippen LogP contribution in [0.25, 0.3) is 20.7 Å². The van der Waals surface area contributed by atoms with E-state index in [1.807, 2.05) is 6.20 Å². The Morgan fingerprint density at radius 1 is 1.30 bits per heavy atom. The van der Waals surface area contributed by atoms with Crippen molar-refractivity contribution in [3.05, 3.63) is 38.6 Å². The Morgan fingerprint density at radius 3 is 2.87 bits per heavy atom. The number of thiophene rings is 2. The highest BCUT2D eigenvalue weighted by molar-refractivity contribution is 9.11. The van der Waals surface area contributed by atoms with E-state index in [4.69, 9.17) is 0 Å². The smallest absolute Gasteiger partial charge is 0.126 e. The van der Waals surface area contributed by atoms with Crippen molar-refractivity contribution in [1.29, 1.82) is 5.26 Å². The third-order valence-corrected chi connectivity index (χ3v) is 6.59. The summed E-state index contributed by atoms with van der Waals surface area (Å²) in [6.07, 6.45) is 7.97. The van der Waals surface area contributed by atoms with Crippen LogP contribution in [0, 0.1) is 11.3 Å². The standard InChI is InChI=1S/C18H17BrN2S2/c1-2-3-4-5-7-12-11-21-18-16(13(10-20)17(19)23-18)15(12)14-8-6-9-22-14/h6,8-9,11H,2-5,7H2,1H3. The Labute approximate surface area is 152 Å². The van der Waals surface area contributed by atoms with E-state index in [0.29, 0.717) is 0 Å². The van der Waals surface area contributed by atoms with Crippen molar-refractivity contribution >= 4 is 48.8 Å². The summed E-state index contributed by atoms with van der Waals surface area (Å²) < 4.78 is 0.878. The van der Waals surface area contributed by atoms with E-state index in [0.717, 1.165) is 26.0 Å². The fraction of sp³-hybridized carbons (Fsp3) is 0.333. The maximum absolute atomic E-state index is 9.57. The monoisotopic (exact) mass is 404 g/mol. The Balaban J connectivity index is 2.13. The Bertz CT molecular complexity index is 844. The molecule has 118 valence electrons. The first-order valence-corrected chi connectivity index (χ1v) is 10.3. The summed E-state index contributed by atoms with van der Waals surface area (Å²) in [7, 11) is 0. The van der Waals surface area contributed by atoms with Gasteiger partial charge in [0.25, 0.3) is 0 Å². The van der Waals surface area contributed by atoms with E-state index in [9.17, 15) is 5.26 Å². The van der Waals surface area contributed by atoms with Crippen molar-refractivity contribution in [2.75, 3.05) is 0 Å². The quantitative estimate of drug-likeness (QED) is 0.424. The fourth-order valence-electron chi connectivity index (χ4n) is 2.81. The number of fused-ring (bicyclic) bond motifs is 1. The summed E-state index contributed by atoms with van der Waals surface area (Å²) in [5, 5.41) is 12.7. The van der Waals surface area contributed by atoms with Crippen LogP contribution in [0.15, 0.2) is 27.5 Å². The van der Waals surface area contributed by atoms with Crippen LogP contribution < -0.4 is 0 Å². The van der Waals surface area contributed by atoms with Gasteiger partial charge in [-0.25, -0.2) is 4.98 Å². The molecule has 0 bridgehead atoms. The summed E-state index contributed by atoms with van der Waals surface area (Å²) in [5.41, 5.74) is 3.19. The molecule has 0 saturated carbocycles. The molecule has 0 saturated heterocycles. The van der Waals surface area contributed by atoms with Crippen molar-refractivity contribution in [1.82, 2.24) is 4.98 Å². The van der Waals surface area contributed by atoms with Crippen molar-refractivity contribution < 1.29 is 0 Å². The lowest BCUT2D eigenvalue weighted by molar-refractivity contribution is 0.667. The average molecular weight is 405 g/mol. The highest BCUT2D eigenvalue weighted by Crippen LogP contribution is 2.42. The number of rotatable bonds is 6. The van der Waals surface area contributed by atoms with Crippen molar-refractivity contribution in [3.8, 4) is 16.5 Å². The summed E-state index contributed by atoms with van der Waals surface area (Å²) in [6, 6.07) is 6.56. The van der Waals surface area contributed by atoms with E-state index < -0.39 is 0 Å². The molecule has 0 aliphatic rings. The molecule has 0 fully saturated rings. The molecule has 0 aliphatic heterocycles. The predicted octanol–water partition coefficient (Wildman–Crippen LogP) is 6.78. The molecule has 0 spiro atoms. The molecule has 0 radical (unpaired) electrons. The first-order chi connectivity index (χ1) is 11.3. The van der Waals surface area contributed by atoms with E-state index in [1.54, 1.807) is 22.7 Å². The molecule has 0 aromatic carbocycles. The predicted molar refractivity (Wildman–Crippen MR) is 103 cm³/mol. The van der Waals surface area contributed by atoms with Gasteiger partial charge in [-0.1, -0.05) is 32.3 Å². The van der Waals surface area contributed by atoms with E-state index in [-0.39, 0.29) is 0 Å². The van der Waals surface area contributed by atoms with Crippen molar-refractivity contribution in [2.45, 2.75) is 39.0 Å². The molecular formula is C18H17BrN2S2. The number of aryl methyl sites for hydroxylation is 1. The molecule has 23 heavy (non-hydrogen) atoms. The van der Waals surface area contributed by atoms with Crippen molar-refractivity contribution in [2.24, 2.45) is 0 Å². The number of unbranched alkanes of at least 4 members (excludes halogenated alkanes) is 3. The van der Waals surface area contributed by atoms with Gasteiger partial charge in [0.2, 0.25) is 0 Å². The van der Waals surface area contributed by atoms with Crippen LogP contribution in [0.4, 0.5) is 0 Å². The summed E-state index contributed by atoms with van der Waals surface area (Å²) in [6.45, 7) is 2.23. The number of aromatic nitrogens is 1. The third-order valence-electron chi connectivity index (χ3n) is 3.93. The van der Waals surface area contributed by atoms with Crippen LogP contribution in [0.3, 0.4) is 0 Å². The molecule has 3 aromatic rings. The maximum atomic E-state index is 9.57. The molecular weight excluding hydrogens is 388 g/mol. The number of hydrogen-bond acceptors (Lipinski definition) is 4. The summed E-state index contributed by atoms with van der Waals surface area (Å²) in [5.74, 6) is 0. The van der Waals surface area contributed by atoms with Crippen LogP contribution >= 0.6 is 38.6 Å². The van der Waals surface area contributed by atoms with Crippen LogP contribution in [0.2, 0.25) is 0 Å². The number of halogens is 1. The van der Waals surface area contributed by atoms with Gasteiger partial charge in [0.15, 0.2) is 0 Å². The zero-order valence-corrected chi connectivity index (χ0v) is 16.2. The first-order valence-electron chi connectivity index (χ1n) is 7.80. The molecule has 5 heteroatoms. The lowest BCUT2D eigenvalue weighted by atomic mass is 9.98. The maximum Gasteiger partial charge on any atom is 0.126 e.